The number of amides is 1. The molecule has 3 N–H and O–H groups in total. The molecular formula is C18H25ClN2O. The van der Waals surface area contributed by atoms with Crippen LogP contribution in [0.4, 0.5) is 0 Å². The Morgan fingerprint density at radius 2 is 1.82 bits per heavy atom. The molecule has 0 aliphatic carbocycles. The molecule has 0 bridgehead atoms. The van der Waals surface area contributed by atoms with E-state index < -0.39 is 6.04 Å². The monoisotopic (exact) mass is 320 g/mol. The van der Waals surface area contributed by atoms with Crippen LogP contribution < -0.4 is 11.1 Å². The van der Waals surface area contributed by atoms with E-state index in [9.17, 15) is 4.79 Å². The van der Waals surface area contributed by atoms with Gasteiger partial charge in [0.2, 0.25) is 5.91 Å². The number of fused-ring (bicyclic) bond motifs is 1. The Morgan fingerprint density at radius 3 is 2.50 bits per heavy atom. The summed E-state index contributed by atoms with van der Waals surface area (Å²) >= 11 is 0. The second-order valence-corrected chi connectivity index (χ2v) is 5.96. The smallest absolute Gasteiger partial charge is 0.236 e. The second-order valence-electron chi connectivity index (χ2n) is 5.96. The predicted molar refractivity (Wildman–Crippen MR) is 95.3 cm³/mol. The zero-order valence-corrected chi connectivity index (χ0v) is 14.0. The Hall–Kier alpha value is -1.58. The molecule has 0 aromatic heterocycles. The molecule has 22 heavy (non-hydrogen) atoms. The zero-order chi connectivity index (χ0) is 15.2. The number of carbonyl (C=O) groups excluding carboxylic acids is 1. The number of halogens is 1. The number of rotatable bonds is 6. The van der Waals surface area contributed by atoms with Gasteiger partial charge >= 0.3 is 0 Å². The van der Waals surface area contributed by atoms with E-state index in [0.717, 1.165) is 12.8 Å². The van der Waals surface area contributed by atoms with E-state index in [1.807, 2.05) is 12.1 Å². The van der Waals surface area contributed by atoms with E-state index in [4.69, 9.17) is 5.73 Å². The van der Waals surface area contributed by atoms with Crippen LogP contribution in [0.2, 0.25) is 0 Å². The quantitative estimate of drug-likeness (QED) is 0.858. The van der Waals surface area contributed by atoms with Crippen LogP contribution >= 0.6 is 12.4 Å². The fourth-order valence-corrected chi connectivity index (χ4v) is 2.47. The molecule has 0 heterocycles. The predicted octanol–water partition coefficient (Wildman–Crippen LogP) is 3.29. The number of nitrogens with two attached hydrogens (primary N) is 1. The van der Waals surface area contributed by atoms with Gasteiger partial charge in [-0.25, -0.2) is 0 Å². The molecule has 0 saturated carbocycles. The van der Waals surface area contributed by atoms with Crippen molar-refractivity contribution < 1.29 is 4.79 Å². The van der Waals surface area contributed by atoms with Crippen LogP contribution in [0, 0.1) is 5.92 Å². The van der Waals surface area contributed by atoms with Crippen molar-refractivity contribution in [1.82, 2.24) is 5.32 Å². The van der Waals surface area contributed by atoms with E-state index in [2.05, 4.69) is 49.5 Å². The van der Waals surface area contributed by atoms with E-state index in [1.165, 1.54) is 16.3 Å². The number of carbonyl (C=O) groups is 1. The van der Waals surface area contributed by atoms with E-state index in [0.29, 0.717) is 12.5 Å². The highest BCUT2D eigenvalue weighted by Gasteiger charge is 2.13. The van der Waals surface area contributed by atoms with Gasteiger partial charge in [-0.2, -0.15) is 0 Å². The Bertz CT molecular complexity index is 613. The van der Waals surface area contributed by atoms with Crippen LogP contribution in [0.5, 0.6) is 0 Å². The van der Waals surface area contributed by atoms with Crippen LogP contribution in [0.3, 0.4) is 0 Å². The minimum Gasteiger partial charge on any atom is -0.354 e. The third-order valence-electron chi connectivity index (χ3n) is 3.59. The summed E-state index contributed by atoms with van der Waals surface area (Å²) in [6, 6.07) is 14.3. The van der Waals surface area contributed by atoms with Crippen molar-refractivity contribution in [2.24, 2.45) is 11.7 Å². The molecule has 2 rings (SSSR count). The molecule has 1 amide bonds. The first-order valence-corrected chi connectivity index (χ1v) is 7.57. The topological polar surface area (TPSA) is 55.1 Å². The van der Waals surface area contributed by atoms with Crippen molar-refractivity contribution in [2.45, 2.75) is 32.7 Å². The second kappa shape index (κ2) is 8.76. The van der Waals surface area contributed by atoms with Crippen molar-refractivity contribution in [3.8, 4) is 0 Å². The molecule has 1 atom stereocenters. The lowest BCUT2D eigenvalue weighted by atomic mass is 10.0. The number of hydrogen-bond acceptors (Lipinski definition) is 2. The molecule has 0 radical (unpaired) electrons. The highest BCUT2D eigenvalue weighted by Crippen LogP contribution is 2.15. The molecule has 0 unspecified atom stereocenters. The van der Waals surface area contributed by atoms with Gasteiger partial charge < -0.3 is 11.1 Å². The lowest BCUT2D eigenvalue weighted by Gasteiger charge is -2.14. The number of nitrogens with one attached hydrogen (secondary N) is 1. The SMILES string of the molecule is CC(C)C[C@H](N)C(=O)NCCc1ccc2ccccc2c1.Cl. The molecule has 3 nitrogen and oxygen atoms in total. The summed E-state index contributed by atoms with van der Waals surface area (Å²) in [7, 11) is 0. The van der Waals surface area contributed by atoms with Crippen molar-refractivity contribution in [3.05, 3.63) is 48.0 Å². The highest BCUT2D eigenvalue weighted by molar-refractivity contribution is 5.85. The van der Waals surface area contributed by atoms with Gasteiger partial charge in [-0.1, -0.05) is 56.3 Å². The normalized spacial score (nSPS) is 12.0. The fraction of sp³-hybridized carbons (Fsp3) is 0.389. The average molecular weight is 321 g/mol. The van der Waals surface area contributed by atoms with Gasteiger partial charge in [-0.05, 0) is 35.1 Å². The standard InChI is InChI=1S/C18H24N2O.ClH/c1-13(2)11-17(19)18(21)20-10-9-14-7-8-15-5-3-4-6-16(15)12-14;/h3-8,12-13,17H,9-11,19H2,1-2H3,(H,20,21);1H/t17-;/m0./s1. The minimum absolute atomic E-state index is 0. The largest absolute Gasteiger partial charge is 0.354 e. The van der Waals surface area contributed by atoms with Gasteiger partial charge in [-0.15, -0.1) is 12.4 Å². The molecule has 2 aromatic carbocycles. The molecule has 0 spiro atoms. The van der Waals surface area contributed by atoms with Crippen molar-refractivity contribution >= 4 is 29.1 Å². The summed E-state index contributed by atoms with van der Waals surface area (Å²) in [4.78, 5) is 11.8. The van der Waals surface area contributed by atoms with Gasteiger partial charge in [0, 0.05) is 6.54 Å². The Morgan fingerprint density at radius 1 is 1.14 bits per heavy atom. The lowest BCUT2D eigenvalue weighted by molar-refractivity contribution is -0.122. The van der Waals surface area contributed by atoms with Crippen molar-refractivity contribution in [1.29, 1.82) is 0 Å². The molecule has 120 valence electrons. The fourth-order valence-electron chi connectivity index (χ4n) is 2.47. The number of benzene rings is 2. The molecule has 2 aromatic rings. The van der Waals surface area contributed by atoms with Gasteiger partial charge in [0.1, 0.15) is 0 Å². The third-order valence-corrected chi connectivity index (χ3v) is 3.59. The molecule has 0 aliphatic heterocycles. The van der Waals surface area contributed by atoms with E-state index in [-0.39, 0.29) is 18.3 Å². The van der Waals surface area contributed by atoms with Crippen molar-refractivity contribution in [3.63, 3.8) is 0 Å². The maximum absolute atomic E-state index is 11.8. The highest BCUT2D eigenvalue weighted by atomic mass is 35.5. The average Bonchev–Trinajstić information content (AvgIpc) is 2.46. The summed E-state index contributed by atoms with van der Waals surface area (Å²) in [5.74, 6) is 0.385. The van der Waals surface area contributed by atoms with Crippen LogP contribution in [-0.4, -0.2) is 18.5 Å². The maximum Gasteiger partial charge on any atom is 0.236 e. The van der Waals surface area contributed by atoms with Crippen molar-refractivity contribution in [2.75, 3.05) is 6.54 Å². The molecule has 0 aliphatic rings. The van der Waals surface area contributed by atoms with E-state index in [1.54, 1.807) is 0 Å². The summed E-state index contributed by atoms with van der Waals surface area (Å²) in [6.45, 7) is 4.77. The van der Waals surface area contributed by atoms with Crippen LogP contribution in [0.25, 0.3) is 10.8 Å². The molecule has 4 heteroatoms. The first-order valence-electron chi connectivity index (χ1n) is 7.57. The Balaban J connectivity index is 0.00000242. The maximum atomic E-state index is 11.8. The van der Waals surface area contributed by atoms with E-state index >= 15 is 0 Å². The van der Waals surface area contributed by atoms with Gasteiger partial charge in [0.05, 0.1) is 6.04 Å². The lowest BCUT2D eigenvalue weighted by Crippen LogP contribution is -2.42. The Labute approximate surface area is 138 Å². The zero-order valence-electron chi connectivity index (χ0n) is 13.2. The molecule has 0 saturated heterocycles. The van der Waals surface area contributed by atoms with Crippen LogP contribution in [-0.2, 0) is 11.2 Å². The Kier molecular flexibility index (Phi) is 7.36. The first kappa shape index (κ1) is 18.5. The van der Waals surface area contributed by atoms with Gasteiger partial charge in [-0.3, -0.25) is 4.79 Å². The van der Waals surface area contributed by atoms with Crippen LogP contribution in [0.15, 0.2) is 42.5 Å². The van der Waals surface area contributed by atoms with Crippen LogP contribution in [0.1, 0.15) is 25.8 Å². The number of hydrogen-bond donors (Lipinski definition) is 2. The summed E-state index contributed by atoms with van der Waals surface area (Å²) < 4.78 is 0. The molecular weight excluding hydrogens is 296 g/mol. The third kappa shape index (κ3) is 5.32. The first-order chi connectivity index (χ1) is 10.1. The summed E-state index contributed by atoms with van der Waals surface area (Å²) in [5.41, 5.74) is 7.09. The molecule has 0 fully saturated rings. The van der Waals surface area contributed by atoms with Gasteiger partial charge in [0.15, 0.2) is 0 Å². The summed E-state index contributed by atoms with van der Waals surface area (Å²) in [6.07, 6.45) is 1.55. The van der Waals surface area contributed by atoms with Gasteiger partial charge in [0.25, 0.3) is 0 Å². The summed E-state index contributed by atoms with van der Waals surface area (Å²) in [5, 5.41) is 5.39. The minimum atomic E-state index is -0.401.